The first-order valence-electron chi connectivity index (χ1n) is 25.8. The SMILES string of the molecule is c1ccc2c(c1)-c1ccc([C@H](CCc3ccc4sc5sc6cc(N(c7ccc8c(c7)sc7ccccc78)c7ccc8c(c7)sc7ccccc78)ccc6c5c4c3)c3ccc4c(c3)oc3ccccc34)cc1C1CC21. The summed E-state index contributed by atoms with van der Waals surface area (Å²) < 4.78 is 15.9. The molecule has 2 unspecified atom stereocenters. The van der Waals surface area contributed by atoms with Gasteiger partial charge in [0.05, 0.1) is 4.01 Å². The predicted octanol–water partition coefficient (Wildman–Crippen LogP) is 21.4. The van der Waals surface area contributed by atoms with Crippen molar-refractivity contribution in [2.75, 3.05) is 4.90 Å². The number of rotatable bonds is 8. The van der Waals surface area contributed by atoms with Gasteiger partial charge in [-0.1, -0.05) is 133 Å². The van der Waals surface area contributed by atoms with Crippen molar-refractivity contribution in [2.24, 2.45) is 0 Å². The lowest BCUT2D eigenvalue weighted by Crippen LogP contribution is -2.09. The zero-order valence-electron chi connectivity index (χ0n) is 40.0. The van der Waals surface area contributed by atoms with Crippen molar-refractivity contribution in [3.8, 4) is 11.1 Å². The smallest absolute Gasteiger partial charge is 0.135 e. The molecule has 6 heteroatoms. The Labute approximate surface area is 442 Å². The Morgan fingerprint density at radius 1 is 0.405 bits per heavy atom. The first-order chi connectivity index (χ1) is 36.6. The van der Waals surface area contributed by atoms with Gasteiger partial charge in [0.15, 0.2) is 0 Å². The minimum absolute atomic E-state index is 0.216. The van der Waals surface area contributed by atoms with Crippen molar-refractivity contribution in [1.29, 1.82) is 0 Å². The third kappa shape index (κ3) is 6.39. The summed E-state index contributed by atoms with van der Waals surface area (Å²) in [6, 6.07) is 78.1. The minimum Gasteiger partial charge on any atom is -0.456 e. The van der Waals surface area contributed by atoms with Gasteiger partial charge in [-0.2, -0.15) is 0 Å². The van der Waals surface area contributed by atoms with Crippen molar-refractivity contribution < 1.29 is 4.42 Å². The van der Waals surface area contributed by atoms with Crippen LogP contribution in [-0.4, -0.2) is 0 Å². The van der Waals surface area contributed by atoms with Gasteiger partial charge in [0.1, 0.15) is 11.2 Å². The normalized spacial score (nSPS) is 15.6. The minimum atomic E-state index is 0.216. The molecule has 0 aliphatic heterocycles. The van der Waals surface area contributed by atoms with Gasteiger partial charge >= 0.3 is 0 Å². The highest BCUT2D eigenvalue weighted by Gasteiger charge is 2.45. The second-order valence-electron chi connectivity index (χ2n) is 20.6. The molecule has 2 nitrogen and oxygen atoms in total. The molecular weight excluding hydrogens is 975 g/mol. The third-order valence-electron chi connectivity index (χ3n) is 16.5. The second kappa shape index (κ2) is 16.0. The monoisotopic (exact) mass is 1020 g/mol. The predicted molar refractivity (Wildman–Crippen MR) is 321 cm³/mol. The number of para-hydroxylation sites is 1. The fourth-order valence-corrected chi connectivity index (χ4v) is 17.8. The van der Waals surface area contributed by atoms with E-state index in [0.29, 0.717) is 11.8 Å². The Balaban J connectivity index is 0.751. The number of anilines is 3. The fraction of sp³-hybridized carbons (Fsp3) is 0.0882. The van der Waals surface area contributed by atoms with Gasteiger partial charge < -0.3 is 9.32 Å². The van der Waals surface area contributed by atoms with E-state index >= 15 is 0 Å². The van der Waals surface area contributed by atoms with Crippen LogP contribution < -0.4 is 4.90 Å². The molecule has 10 aromatic carbocycles. The summed E-state index contributed by atoms with van der Waals surface area (Å²) >= 11 is 7.64. The molecule has 0 radical (unpaired) electrons. The van der Waals surface area contributed by atoms with Crippen molar-refractivity contribution in [3.63, 3.8) is 0 Å². The molecule has 5 aromatic heterocycles. The second-order valence-corrected chi connectivity index (χ2v) is 25.1. The Morgan fingerprint density at radius 3 is 1.73 bits per heavy atom. The van der Waals surface area contributed by atoms with E-state index in [4.69, 9.17) is 4.42 Å². The topological polar surface area (TPSA) is 16.4 Å². The van der Waals surface area contributed by atoms with E-state index in [1.165, 1.54) is 143 Å². The molecule has 17 rings (SSSR count). The average Bonchev–Trinajstić information content (AvgIpc) is 3.72. The molecule has 2 aliphatic rings. The summed E-state index contributed by atoms with van der Waals surface area (Å²) in [5, 5.41) is 11.7. The van der Waals surface area contributed by atoms with E-state index < -0.39 is 0 Å². The molecule has 1 saturated carbocycles. The molecular formula is C68H43NOS4. The Morgan fingerprint density at radius 2 is 0.959 bits per heavy atom. The molecule has 3 atom stereocenters. The van der Waals surface area contributed by atoms with Crippen LogP contribution in [0.1, 0.15) is 58.4 Å². The van der Waals surface area contributed by atoms with Gasteiger partial charge in [0.2, 0.25) is 0 Å². The summed E-state index contributed by atoms with van der Waals surface area (Å²) in [5.41, 5.74) is 15.5. The van der Waals surface area contributed by atoms with Crippen LogP contribution in [0, 0.1) is 0 Å². The lowest BCUT2D eigenvalue weighted by atomic mass is 9.80. The first kappa shape index (κ1) is 41.8. The maximum absolute atomic E-state index is 6.52. The summed E-state index contributed by atoms with van der Waals surface area (Å²) in [7, 11) is 0. The number of aryl methyl sites for hydroxylation is 1. The van der Waals surface area contributed by atoms with E-state index in [1.807, 2.05) is 45.3 Å². The van der Waals surface area contributed by atoms with Gasteiger partial charge in [-0.25, -0.2) is 0 Å². The summed E-state index contributed by atoms with van der Waals surface area (Å²) in [4.78, 5) is 2.48. The zero-order chi connectivity index (χ0) is 48.2. The van der Waals surface area contributed by atoms with E-state index in [9.17, 15) is 0 Å². The van der Waals surface area contributed by atoms with Crippen molar-refractivity contribution in [3.05, 3.63) is 234 Å². The Bertz CT molecular complexity index is 4710. The highest BCUT2D eigenvalue weighted by molar-refractivity contribution is 7.44. The Kier molecular flexibility index (Phi) is 9.03. The molecule has 0 amide bonds. The summed E-state index contributed by atoms with van der Waals surface area (Å²) in [6.07, 6.45) is 3.22. The lowest BCUT2D eigenvalue weighted by Gasteiger charge is -2.26. The number of nitrogens with zero attached hydrogens (tertiary/aromatic N) is 1. The van der Waals surface area contributed by atoms with Crippen LogP contribution in [0.15, 0.2) is 211 Å². The van der Waals surface area contributed by atoms with Crippen LogP contribution in [0.25, 0.3) is 103 Å². The summed E-state index contributed by atoms with van der Waals surface area (Å²) in [6.45, 7) is 0. The number of hydrogen-bond acceptors (Lipinski definition) is 6. The van der Waals surface area contributed by atoms with E-state index in [1.54, 1.807) is 0 Å². The van der Waals surface area contributed by atoms with Gasteiger partial charge in [-0.3, -0.25) is 0 Å². The van der Waals surface area contributed by atoms with Crippen LogP contribution in [0.2, 0.25) is 0 Å². The molecule has 15 aromatic rings. The van der Waals surface area contributed by atoms with Gasteiger partial charge in [0.25, 0.3) is 0 Å². The van der Waals surface area contributed by atoms with Crippen LogP contribution in [0.4, 0.5) is 17.1 Å². The molecule has 5 heterocycles. The maximum Gasteiger partial charge on any atom is 0.135 e. The fourth-order valence-electron chi connectivity index (χ4n) is 12.9. The molecule has 1 fully saturated rings. The number of benzene rings is 10. The third-order valence-corrected chi connectivity index (χ3v) is 21.2. The molecule has 74 heavy (non-hydrogen) atoms. The van der Waals surface area contributed by atoms with Crippen molar-refractivity contribution >= 4 is 154 Å². The lowest BCUT2D eigenvalue weighted by molar-refractivity contribution is 0.664. The van der Waals surface area contributed by atoms with Gasteiger partial charge in [0, 0.05) is 99.7 Å². The first-order valence-corrected chi connectivity index (χ1v) is 29.0. The van der Waals surface area contributed by atoms with Gasteiger partial charge in [-0.15, -0.1) is 45.3 Å². The molecule has 2 aliphatic carbocycles. The Hall–Kier alpha value is -7.58. The zero-order valence-corrected chi connectivity index (χ0v) is 43.2. The molecule has 0 N–H and O–H groups in total. The molecule has 0 bridgehead atoms. The summed E-state index contributed by atoms with van der Waals surface area (Å²) in [5.74, 6) is 1.49. The number of furan rings is 1. The maximum atomic E-state index is 6.52. The number of thiophene rings is 4. The van der Waals surface area contributed by atoms with Crippen LogP contribution in [-0.2, 0) is 6.42 Å². The molecule has 0 spiro atoms. The van der Waals surface area contributed by atoms with Gasteiger partial charge in [-0.05, 0) is 143 Å². The van der Waals surface area contributed by atoms with Crippen molar-refractivity contribution in [2.45, 2.75) is 37.0 Å². The van der Waals surface area contributed by atoms with E-state index in [-0.39, 0.29) is 5.92 Å². The largest absolute Gasteiger partial charge is 0.456 e. The highest BCUT2D eigenvalue weighted by atomic mass is 32.2. The number of hydrogen-bond donors (Lipinski definition) is 0. The molecule has 0 saturated heterocycles. The van der Waals surface area contributed by atoms with Crippen LogP contribution in [0.3, 0.4) is 0 Å². The standard InChI is InChI=1S/C68H43NOS4/c1-2-10-46-45(9-1)47-25-19-39(32-55(47)57-37-56(46)57)44(40-20-26-49-48-11-3-6-14-59(48)70-60(49)33-40)24-17-38-18-30-63-58(31-38)67-54-29-23-43(36-66(54)74-68(67)73-63)69(41-21-27-52-50-12-4-7-15-61(50)71-64(52)34-41)42-22-28-53-51-13-5-8-16-62(51)72-65(53)35-42/h1-16,18-23,25-36,44,56-57H,17,24,37H2/t44-,56?,57?/m0/s1. The molecule has 350 valence electrons. The highest BCUT2D eigenvalue weighted by Crippen LogP contribution is 2.62. The average molecular weight is 1020 g/mol. The number of fused-ring (bicyclic) bond motifs is 20. The van der Waals surface area contributed by atoms with E-state index in [0.717, 1.165) is 24.0 Å². The van der Waals surface area contributed by atoms with E-state index in [2.05, 4.69) is 211 Å². The van der Waals surface area contributed by atoms with Crippen molar-refractivity contribution in [1.82, 2.24) is 0 Å². The van der Waals surface area contributed by atoms with Crippen LogP contribution in [0.5, 0.6) is 0 Å². The quantitative estimate of drug-likeness (QED) is 0.151. The van der Waals surface area contributed by atoms with Crippen LogP contribution >= 0.6 is 45.3 Å².